The molecule has 1 aromatic carbocycles. The van der Waals surface area contributed by atoms with Crippen molar-refractivity contribution < 1.29 is 34.6 Å². The van der Waals surface area contributed by atoms with Gasteiger partial charge < -0.3 is 40.0 Å². The second kappa shape index (κ2) is 8.44. The van der Waals surface area contributed by atoms with Crippen molar-refractivity contribution in [3.05, 3.63) is 24.3 Å². The van der Waals surface area contributed by atoms with Crippen molar-refractivity contribution in [2.45, 2.75) is 30.7 Å². The predicted molar refractivity (Wildman–Crippen MR) is 80.2 cm³/mol. The Morgan fingerprint density at radius 1 is 1.17 bits per heavy atom. The molecule has 0 spiro atoms. The van der Waals surface area contributed by atoms with Gasteiger partial charge >= 0.3 is 0 Å². The van der Waals surface area contributed by atoms with Crippen molar-refractivity contribution in [1.82, 2.24) is 5.32 Å². The van der Waals surface area contributed by atoms with Gasteiger partial charge in [0.2, 0.25) is 0 Å². The molecule has 5 unspecified atom stereocenters. The molecule has 0 radical (unpaired) electrons. The molecule has 8 heteroatoms. The Morgan fingerprint density at radius 2 is 1.87 bits per heavy atom. The van der Waals surface area contributed by atoms with E-state index in [0.29, 0.717) is 18.9 Å². The molecule has 8 nitrogen and oxygen atoms in total. The van der Waals surface area contributed by atoms with E-state index < -0.39 is 37.3 Å². The summed E-state index contributed by atoms with van der Waals surface area (Å²) in [6.07, 6.45) is -5.46. The minimum atomic E-state index is -1.24. The molecule has 5 N–H and O–H groups in total. The lowest BCUT2D eigenvalue weighted by Crippen LogP contribution is -2.61. The first kappa shape index (κ1) is 17.9. The molecule has 130 valence electrons. The highest BCUT2D eigenvalue weighted by atomic mass is 16.7. The van der Waals surface area contributed by atoms with Crippen LogP contribution in [0, 0.1) is 0 Å². The smallest absolute Gasteiger partial charge is 0.187 e. The summed E-state index contributed by atoms with van der Waals surface area (Å²) in [4.78, 5) is 0. The first-order chi connectivity index (χ1) is 11.1. The Balaban J connectivity index is 2.08. The zero-order valence-corrected chi connectivity index (χ0v) is 12.8. The third-order valence-electron chi connectivity index (χ3n) is 3.56. The van der Waals surface area contributed by atoms with Crippen LogP contribution in [0.2, 0.25) is 0 Å². The average molecular weight is 329 g/mol. The Labute approximate surface area is 134 Å². The van der Waals surface area contributed by atoms with Gasteiger partial charge in [-0.3, -0.25) is 0 Å². The standard InChI is InChI=1S/C15H23NO7/c1-16-6-7-21-15-13(20)14(12(19)11(8-17)23-15)22-10-4-2-9(18)3-5-10/h2-5,11-20H,6-8H2,1H3. The van der Waals surface area contributed by atoms with Crippen LogP contribution in [0.3, 0.4) is 0 Å². The van der Waals surface area contributed by atoms with Crippen LogP contribution in [0.1, 0.15) is 0 Å². The van der Waals surface area contributed by atoms with Crippen LogP contribution in [0.4, 0.5) is 0 Å². The van der Waals surface area contributed by atoms with Crippen LogP contribution >= 0.6 is 0 Å². The lowest BCUT2D eigenvalue weighted by molar-refractivity contribution is -0.296. The number of nitrogens with one attached hydrogen (secondary N) is 1. The molecule has 5 atom stereocenters. The first-order valence-electron chi connectivity index (χ1n) is 7.41. The maximum absolute atomic E-state index is 10.3. The van der Waals surface area contributed by atoms with Crippen molar-refractivity contribution in [3.8, 4) is 11.5 Å². The lowest BCUT2D eigenvalue weighted by atomic mass is 9.99. The van der Waals surface area contributed by atoms with Crippen LogP contribution in [0.15, 0.2) is 24.3 Å². The predicted octanol–water partition coefficient (Wildman–Crippen LogP) is -1.19. The molecule has 0 aromatic heterocycles. The maximum atomic E-state index is 10.3. The SMILES string of the molecule is CNCCOC1OC(CO)C(O)C(Oc2ccc(O)cc2)C1O. The Kier molecular flexibility index (Phi) is 6.58. The number of hydrogen-bond acceptors (Lipinski definition) is 8. The van der Waals surface area contributed by atoms with E-state index in [1.54, 1.807) is 7.05 Å². The van der Waals surface area contributed by atoms with Crippen molar-refractivity contribution in [1.29, 1.82) is 0 Å². The van der Waals surface area contributed by atoms with E-state index in [2.05, 4.69) is 5.32 Å². The van der Waals surface area contributed by atoms with E-state index in [9.17, 15) is 20.4 Å². The second-order valence-corrected chi connectivity index (χ2v) is 5.26. The average Bonchev–Trinajstić information content (AvgIpc) is 2.55. The molecule has 23 heavy (non-hydrogen) atoms. The summed E-state index contributed by atoms with van der Waals surface area (Å²) >= 11 is 0. The molecule has 0 aliphatic carbocycles. The van der Waals surface area contributed by atoms with Gasteiger partial charge in [0.05, 0.1) is 13.2 Å². The molecule has 1 aliphatic rings. The summed E-state index contributed by atoms with van der Waals surface area (Å²) in [7, 11) is 1.76. The molecule has 1 aliphatic heterocycles. The number of aliphatic hydroxyl groups excluding tert-OH is 3. The van der Waals surface area contributed by atoms with E-state index in [-0.39, 0.29) is 5.75 Å². The van der Waals surface area contributed by atoms with Gasteiger partial charge in [-0.1, -0.05) is 0 Å². The summed E-state index contributed by atoms with van der Waals surface area (Å²) < 4.78 is 16.4. The third kappa shape index (κ3) is 4.54. The molecule has 1 heterocycles. The zero-order valence-electron chi connectivity index (χ0n) is 12.8. The summed E-state index contributed by atoms with van der Waals surface area (Å²) in [6.45, 7) is 0.413. The molecule has 1 fully saturated rings. The van der Waals surface area contributed by atoms with Crippen LogP contribution in [-0.2, 0) is 9.47 Å². The van der Waals surface area contributed by atoms with Crippen molar-refractivity contribution in [2.75, 3.05) is 26.8 Å². The van der Waals surface area contributed by atoms with E-state index in [0.717, 1.165) is 0 Å². The normalized spacial score (nSPS) is 31.0. The van der Waals surface area contributed by atoms with Gasteiger partial charge in [-0.25, -0.2) is 0 Å². The summed E-state index contributed by atoms with van der Waals surface area (Å²) in [5.74, 6) is 0.436. The number of likely N-dealkylation sites (N-methyl/N-ethyl adjacent to an activating group) is 1. The highest BCUT2D eigenvalue weighted by Crippen LogP contribution is 2.27. The van der Waals surface area contributed by atoms with Crippen molar-refractivity contribution >= 4 is 0 Å². The monoisotopic (exact) mass is 329 g/mol. The minimum Gasteiger partial charge on any atom is -0.508 e. The largest absolute Gasteiger partial charge is 0.508 e. The van der Waals surface area contributed by atoms with E-state index in [1.165, 1.54) is 24.3 Å². The number of ether oxygens (including phenoxy) is 3. The van der Waals surface area contributed by atoms with E-state index in [4.69, 9.17) is 14.2 Å². The number of aromatic hydroxyl groups is 1. The first-order valence-corrected chi connectivity index (χ1v) is 7.41. The Hall–Kier alpha value is -1.42. The highest BCUT2D eigenvalue weighted by molar-refractivity contribution is 5.30. The lowest BCUT2D eigenvalue weighted by Gasteiger charge is -2.41. The molecule has 0 saturated carbocycles. The number of phenols is 1. The highest BCUT2D eigenvalue weighted by Gasteiger charge is 2.46. The fourth-order valence-corrected chi connectivity index (χ4v) is 2.29. The molecule has 2 rings (SSSR count). The van der Waals surface area contributed by atoms with Gasteiger partial charge in [-0.05, 0) is 31.3 Å². The summed E-state index contributed by atoms with van der Waals surface area (Å²) in [5, 5.41) is 42.1. The number of phenolic OH excluding ortho intramolecular Hbond substituents is 1. The van der Waals surface area contributed by atoms with Gasteiger partial charge in [-0.2, -0.15) is 0 Å². The van der Waals surface area contributed by atoms with Gasteiger partial charge in [-0.15, -0.1) is 0 Å². The van der Waals surface area contributed by atoms with Gasteiger partial charge in [0, 0.05) is 6.54 Å². The maximum Gasteiger partial charge on any atom is 0.187 e. The summed E-state index contributed by atoms with van der Waals surface area (Å²) in [6, 6.07) is 5.87. The summed E-state index contributed by atoms with van der Waals surface area (Å²) in [5.41, 5.74) is 0. The van der Waals surface area contributed by atoms with Gasteiger partial charge in [0.15, 0.2) is 12.4 Å². The molecule has 0 amide bonds. The second-order valence-electron chi connectivity index (χ2n) is 5.26. The fourth-order valence-electron chi connectivity index (χ4n) is 2.29. The zero-order chi connectivity index (χ0) is 16.8. The van der Waals surface area contributed by atoms with E-state index in [1.807, 2.05) is 0 Å². The topological polar surface area (TPSA) is 121 Å². The van der Waals surface area contributed by atoms with Gasteiger partial charge in [0.25, 0.3) is 0 Å². The fraction of sp³-hybridized carbons (Fsp3) is 0.600. The van der Waals surface area contributed by atoms with Crippen molar-refractivity contribution in [2.24, 2.45) is 0 Å². The molecule has 1 saturated heterocycles. The Morgan fingerprint density at radius 3 is 2.48 bits per heavy atom. The van der Waals surface area contributed by atoms with E-state index >= 15 is 0 Å². The number of benzene rings is 1. The van der Waals surface area contributed by atoms with Crippen LogP contribution in [0.5, 0.6) is 11.5 Å². The van der Waals surface area contributed by atoms with Crippen LogP contribution < -0.4 is 10.1 Å². The number of aliphatic hydroxyl groups is 3. The van der Waals surface area contributed by atoms with Crippen LogP contribution in [-0.4, -0.2) is 77.9 Å². The van der Waals surface area contributed by atoms with Gasteiger partial charge in [0.1, 0.15) is 29.8 Å². The van der Waals surface area contributed by atoms with Crippen molar-refractivity contribution in [3.63, 3.8) is 0 Å². The van der Waals surface area contributed by atoms with Crippen LogP contribution in [0.25, 0.3) is 0 Å². The number of hydrogen-bond donors (Lipinski definition) is 5. The third-order valence-corrected chi connectivity index (χ3v) is 3.56. The Bertz CT molecular complexity index is 469. The quantitative estimate of drug-likeness (QED) is 0.396. The molecule has 0 bridgehead atoms. The minimum absolute atomic E-state index is 0.0759. The molecular weight excluding hydrogens is 306 g/mol. The molecule has 1 aromatic rings. The number of rotatable bonds is 7. The molecular formula is C15H23NO7.